The normalized spacial score (nSPS) is 9.85. The van der Waals surface area contributed by atoms with E-state index in [2.05, 4.69) is 0 Å². The van der Waals surface area contributed by atoms with Crippen LogP contribution in [-0.2, 0) is 4.79 Å². The fourth-order valence-electron chi connectivity index (χ4n) is 0.767. The highest BCUT2D eigenvalue weighted by molar-refractivity contribution is 8.00. The first kappa shape index (κ1) is 9.73. The molecule has 0 aliphatic rings. The minimum Gasteiger partial charge on any atom is -0.508 e. The number of phenols is 2. The molecule has 0 atom stereocenters. The Balaban J connectivity index is 2.72. The Morgan fingerprint density at radius 3 is 2.62 bits per heavy atom. The third-order valence-electron chi connectivity index (χ3n) is 1.29. The second-order valence-electron chi connectivity index (χ2n) is 2.33. The van der Waals surface area contributed by atoms with E-state index in [0.717, 1.165) is 11.8 Å². The van der Waals surface area contributed by atoms with E-state index >= 15 is 0 Å². The Hall–Kier alpha value is -1.36. The number of carboxylic acid groups (broad SMARTS) is 1. The lowest BCUT2D eigenvalue weighted by Crippen LogP contribution is -1.97. The number of carboxylic acids is 1. The standard InChI is InChI=1S/C8H8O4S/c9-5-1-2-7(6(10)3-5)13-4-8(11)12/h1-3,9-10H,4H2,(H,11,12). The van der Waals surface area contributed by atoms with E-state index in [1.165, 1.54) is 18.2 Å². The maximum Gasteiger partial charge on any atom is 0.313 e. The summed E-state index contributed by atoms with van der Waals surface area (Å²) in [5, 5.41) is 26.5. The Labute approximate surface area is 78.8 Å². The maximum atomic E-state index is 10.2. The fourth-order valence-corrected chi connectivity index (χ4v) is 1.42. The molecule has 0 bridgehead atoms. The van der Waals surface area contributed by atoms with E-state index in [1.54, 1.807) is 0 Å². The molecule has 0 aliphatic heterocycles. The van der Waals surface area contributed by atoms with Gasteiger partial charge in [-0.1, -0.05) is 0 Å². The summed E-state index contributed by atoms with van der Waals surface area (Å²) >= 11 is 1.00. The molecule has 0 fully saturated rings. The molecule has 0 spiro atoms. The number of aromatic hydroxyl groups is 2. The van der Waals surface area contributed by atoms with Gasteiger partial charge in [0.2, 0.25) is 0 Å². The van der Waals surface area contributed by atoms with Crippen LogP contribution < -0.4 is 0 Å². The summed E-state index contributed by atoms with van der Waals surface area (Å²) in [6.07, 6.45) is 0. The van der Waals surface area contributed by atoms with Crippen molar-refractivity contribution in [1.29, 1.82) is 0 Å². The van der Waals surface area contributed by atoms with Crippen LogP contribution in [0.3, 0.4) is 0 Å². The Morgan fingerprint density at radius 2 is 2.08 bits per heavy atom. The lowest BCUT2D eigenvalue weighted by molar-refractivity contribution is -0.133. The molecule has 1 rings (SSSR count). The monoisotopic (exact) mass is 200 g/mol. The van der Waals surface area contributed by atoms with Crippen molar-refractivity contribution in [1.82, 2.24) is 0 Å². The van der Waals surface area contributed by atoms with Crippen molar-refractivity contribution in [3.8, 4) is 11.5 Å². The zero-order chi connectivity index (χ0) is 9.84. The van der Waals surface area contributed by atoms with Crippen LogP contribution in [0.15, 0.2) is 23.1 Å². The number of benzene rings is 1. The van der Waals surface area contributed by atoms with Gasteiger partial charge in [0.15, 0.2) is 0 Å². The molecule has 0 saturated heterocycles. The number of thioether (sulfide) groups is 1. The number of aliphatic carboxylic acids is 1. The molecule has 0 aromatic heterocycles. The van der Waals surface area contributed by atoms with Crippen LogP contribution in [0, 0.1) is 0 Å². The van der Waals surface area contributed by atoms with Crippen molar-refractivity contribution in [2.75, 3.05) is 5.75 Å². The third-order valence-corrected chi connectivity index (χ3v) is 2.34. The van der Waals surface area contributed by atoms with E-state index in [-0.39, 0.29) is 17.3 Å². The molecule has 3 N–H and O–H groups in total. The molecule has 13 heavy (non-hydrogen) atoms. The molecule has 70 valence electrons. The summed E-state index contributed by atoms with van der Waals surface area (Å²) in [4.78, 5) is 10.6. The van der Waals surface area contributed by atoms with Crippen LogP contribution >= 0.6 is 11.8 Å². The number of carbonyl (C=O) groups is 1. The van der Waals surface area contributed by atoms with Crippen molar-refractivity contribution in [3.63, 3.8) is 0 Å². The van der Waals surface area contributed by atoms with Crippen LogP contribution in [0.5, 0.6) is 11.5 Å². The second kappa shape index (κ2) is 4.04. The number of phenolic OH excluding ortho intramolecular Hbond substituents is 2. The summed E-state index contributed by atoms with van der Waals surface area (Å²) in [6, 6.07) is 4.03. The zero-order valence-corrected chi connectivity index (χ0v) is 7.41. The molecule has 1 aromatic rings. The van der Waals surface area contributed by atoms with Crippen LogP contribution in [0.25, 0.3) is 0 Å². The molecule has 0 aliphatic carbocycles. The van der Waals surface area contributed by atoms with E-state index in [0.29, 0.717) is 4.90 Å². The fraction of sp³-hybridized carbons (Fsp3) is 0.125. The molecule has 0 heterocycles. The number of hydrogen-bond acceptors (Lipinski definition) is 4. The first-order valence-corrected chi connectivity index (χ1v) is 4.44. The maximum absolute atomic E-state index is 10.2. The molecule has 1 aromatic carbocycles. The minimum absolute atomic E-state index is 0.0443. The largest absolute Gasteiger partial charge is 0.508 e. The highest BCUT2D eigenvalue weighted by Gasteiger charge is 2.05. The van der Waals surface area contributed by atoms with Gasteiger partial charge in [-0.15, -0.1) is 11.8 Å². The smallest absolute Gasteiger partial charge is 0.313 e. The average molecular weight is 200 g/mol. The van der Waals surface area contributed by atoms with Crippen LogP contribution in [-0.4, -0.2) is 27.0 Å². The average Bonchev–Trinajstić information content (AvgIpc) is 2.02. The topological polar surface area (TPSA) is 77.8 Å². The first-order valence-electron chi connectivity index (χ1n) is 3.46. The highest BCUT2D eigenvalue weighted by atomic mass is 32.2. The summed E-state index contributed by atoms with van der Waals surface area (Å²) < 4.78 is 0. The van der Waals surface area contributed by atoms with Gasteiger partial charge >= 0.3 is 5.97 Å². The Kier molecular flexibility index (Phi) is 3.02. The van der Waals surface area contributed by atoms with Crippen LogP contribution in [0.2, 0.25) is 0 Å². The summed E-state index contributed by atoms with van der Waals surface area (Å²) in [6.45, 7) is 0. The van der Waals surface area contributed by atoms with Gasteiger partial charge in [0.25, 0.3) is 0 Å². The summed E-state index contributed by atoms with van der Waals surface area (Å²) in [5.74, 6) is -1.21. The van der Waals surface area contributed by atoms with Gasteiger partial charge < -0.3 is 15.3 Å². The molecule has 0 radical (unpaired) electrons. The SMILES string of the molecule is O=C(O)CSc1ccc(O)cc1O. The Bertz CT molecular complexity index is 324. The number of hydrogen-bond donors (Lipinski definition) is 3. The van der Waals surface area contributed by atoms with Gasteiger partial charge in [-0.25, -0.2) is 0 Å². The lowest BCUT2D eigenvalue weighted by atomic mass is 10.3. The quantitative estimate of drug-likeness (QED) is 0.640. The van der Waals surface area contributed by atoms with Gasteiger partial charge in [0.1, 0.15) is 11.5 Å². The van der Waals surface area contributed by atoms with E-state index in [4.69, 9.17) is 10.2 Å². The first-order chi connectivity index (χ1) is 6.09. The van der Waals surface area contributed by atoms with Crippen molar-refractivity contribution in [2.45, 2.75) is 4.90 Å². The summed E-state index contributed by atoms with van der Waals surface area (Å²) in [7, 11) is 0. The predicted octanol–water partition coefficient (Wildman–Crippen LogP) is 1.27. The lowest BCUT2D eigenvalue weighted by Gasteiger charge is -2.01. The minimum atomic E-state index is -0.947. The molecule has 5 heteroatoms. The van der Waals surface area contributed by atoms with E-state index in [1.807, 2.05) is 0 Å². The van der Waals surface area contributed by atoms with Crippen LogP contribution in [0.4, 0.5) is 0 Å². The number of rotatable bonds is 3. The third kappa shape index (κ3) is 2.87. The Morgan fingerprint density at radius 1 is 1.38 bits per heavy atom. The molecule has 0 amide bonds. The molecular weight excluding hydrogens is 192 g/mol. The molecule has 0 unspecified atom stereocenters. The molecule has 0 saturated carbocycles. The summed E-state index contributed by atoms with van der Waals surface area (Å²) in [5.41, 5.74) is 0. The van der Waals surface area contributed by atoms with Crippen LogP contribution in [0.1, 0.15) is 0 Å². The van der Waals surface area contributed by atoms with Crippen molar-refractivity contribution >= 4 is 17.7 Å². The van der Waals surface area contributed by atoms with Crippen molar-refractivity contribution in [3.05, 3.63) is 18.2 Å². The van der Waals surface area contributed by atoms with Gasteiger partial charge in [0, 0.05) is 11.0 Å². The van der Waals surface area contributed by atoms with Gasteiger partial charge in [-0.05, 0) is 12.1 Å². The van der Waals surface area contributed by atoms with Gasteiger partial charge in [-0.2, -0.15) is 0 Å². The second-order valence-corrected chi connectivity index (χ2v) is 3.35. The zero-order valence-electron chi connectivity index (χ0n) is 6.60. The van der Waals surface area contributed by atoms with Crippen molar-refractivity contribution in [2.24, 2.45) is 0 Å². The van der Waals surface area contributed by atoms with Gasteiger partial charge in [0.05, 0.1) is 5.75 Å². The highest BCUT2D eigenvalue weighted by Crippen LogP contribution is 2.30. The van der Waals surface area contributed by atoms with Crippen molar-refractivity contribution < 1.29 is 20.1 Å². The van der Waals surface area contributed by atoms with E-state index < -0.39 is 5.97 Å². The molecule has 4 nitrogen and oxygen atoms in total. The van der Waals surface area contributed by atoms with Gasteiger partial charge in [-0.3, -0.25) is 4.79 Å². The molecular formula is C8H8O4S. The predicted molar refractivity (Wildman–Crippen MR) is 48.1 cm³/mol. The van der Waals surface area contributed by atoms with E-state index in [9.17, 15) is 9.90 Å².